The number of fused-ring (bicyclic) bond motifs is 1. The average Bonchev–Trinajstić information content (AvgIpc) is 2.62. The van der Waals surface area contributed by atoms with E-state index in [4.69, 9.17) is 5.11 Å². The highest BCUT2D eigenvalue weighted by molar-refractivity contribution is 6.03. The van der Waals surface area contributed by atoms with Gasteiger partial charge in [0.15, 0.2) is 0 Å². The van der Waals surface area contributed by atoms with Crippen LogP contribution in [0, 0.1) is 6.92 Å². The molecule has 1 aromatic carbocycles. The van der Waals surface area contributed by atoms with Crippen molar-refractivity contribution < 1.29 is 14.7 Å². The SMILES string of the molecule is Cc1nc2cc(NC(=O)/C=C/C(=O)O)ccc2n1C. The largest absolute Gasteiger partial charge is 0.478 e. The smallest absolute Gasteiger partial charge is 0.328 e. The van der Waals surface area contributed by atoms with E-state index in [1.807, 2.05) is 24.6 Å². The van der Waals surface area contributed by atoms with E-state index in [2.05, 4.69) is 10.3 Å². The topological polar surface area (TPSA) is 84.2 Å². The minimum Gasteiger partial charge on any atom is -0.478 e. The number of carbonyl (C=O) groups is 2. The van der Waals surface area contributed by atoms with Crippen molar-refractivity contribution in [3.63, 3.8) is 0 Å². The summed E-state index contributed by atoms with van der Waals surface area (Å²) in [6.45, 7) is 1.90. The summed E-state index contributed by atoms with van der Waals surface area (Å²) in [5.74, 6) is -0.774. The number of benzene rings is 1. The van der Waals surface area contributed by atoms with Gasteiger partial charge >= 0.3 is 5.97 Å². The Labute approximate surface area is 109 Å². The average molecular weight is 259 g/mol. The third kappa shape index (κ3) is 2.79. The van der Waals surface area contributed by atoms with Crippen molar-refractivity contribution in [2.75, 3.05) is 5.32 Å². The zero-order valence-corrected chi connectivity index (χ0v) is 10.5. The summed E-state index contributed by atoms with van der Waals surface area (Å²) in [6, 6.07) is 5.34. The van der Waals surface area contributed by atoms with Gasteiger partial charge in [0.2, 0.25) is 5.91 Å². The van der Waals surface area contributed by atoms with Gasteiger partial charge in [0, 0.05) is 24.9 Å². The fourth-order valence-corrected chi connectivity index (χ4v) is 1.73. The molecule has 2 aromatic rings. The van der Waals surface area contributed by atoms with Crippen LogP contribution in [0.15, 0.2) is 30.4 Å². The quantitative estimate of drug-likeness (QED) is 0.817. The number of carboxylic acid groups (broad SMARTS) is 1. The standard InChI is InChI=1S/C13H13N3O3/c1-8-14-10-7-9(3-4-11(10)16(8)2)15-12(17)5-6-13(18)19/h3-7H,1-2H3,(H,15,17)(H,18,19)/b6-5+. The van der Waals surface area contributed by atoms with Crippen LogP contribution in [0.3, 0.4) is 0 Å². The molecule has 0 atom stereocenters. The fraction of sp³-hybridized carbons (Fsp3) is 0.154. The maximum atomic E-state index is 11.4. The molecule has 1 amide bonds. The Morgan fingerprint density at radius 1 is 1.37 bits per heavy atom. The van der Waals surface area contributed by atoms with Gasteiger partial charge in [0.1, 0.15) is 5.82 Å². The van der Waals surface area contributed by atoms with Crippen molar-refractivity contribution >= 4 is 28.6 Å². The Balaban J connectivity index is 2.22. The van der Waals surface area contributed by atoms with Crippen molar-refractivity contribution in [1.82, 2.24) is 9.55 Å². The van der Waals surface area contributed by atoms with Gasteiger partial charge in [-0.15, -0.1) is 0 Å². The van der Waals surface area contributed by atoms with Crippen molar-refractivity contribution in [2.24, 2.45) is 7.05 Å². The molecule has 0 radical (unpaired) electrons. The first-order valence-corrected chi connectivity index (χ1v) is 5.62. The monoisotopic (exact) mass is 259 g/mol. The highest BCUT2D eigenvalue weighted by atomic mass is 16.4. The van der Waals surface area contributed by atoms with Crippen LogP contribution < -0.4 is 5.32 Å². The number of aryl methyl sites for hydroxylation is 2. The van der Waals surface area contributed by atoms with E-state index >= 15 is 0 Å². The normalized spacial score (nSPS) is 11.1. The first-order valence-electron chi connectivity index (χ1n) is 5.62. The maximum absolute atomic E-state index is 11.4. The van der Waals surface area contributed by atoms with Crippen LogP contribution in [0.1, 0.15) is 5.82 Å². The number of carbonyl (C=O) groups excluding carboxylic acids is 1. The number of rotatable bonds is 3. The summed E-state index contributed by atoms with van der Waals surface area (Å²) < 4.78 is 1.95. The molecule has 0 saturated heterocycles. The lowest BCUT2D eigenvalue weighted by atomic mass is 10.2. The summed E-state index contributed by atoms with van der Waals surface area (Å²) in [5, 5.41) is 11.0. The summed E-state index contributed by atoms with van der Waals surface area (Å²) in [4.78, 5) is 26.1. The predicted molar refractivity (Wildman–Crippen MR) is 70.9 cm³/mol. The molecule has 2 N–H and O–H groups in total. The molecule has 6 nitrogen and oxygen atoms in total. The molecule has 2 rings (SSSR count). The van der Waals surface area contributed by atoms with Crippen LogP contribution in [0.4, 0.5) is 5.69 Å². The number of aromatic nitrogens is 2. The van der Waals surface area contributed by atoms with E-state index in [9.17, 15) is 9.59 Å². The molecule has 19 heavy (non-hydrogen) atoms. The third-order valence-corrected chi connectivity index (χ3v) is 2.75. The summed E-state index contributed by atoms with van der Waals surface area (Å²) >= 11 is 0. The molecule has 6 heteroatoms. The Bertz CT molecular complexity index is 686. The lowest BCUT2D eigenvalue weighted by Gasteiger charge is -2.02. The van der Waals surface area contributed by atoms with Gasteiger partial charge in [-0.25, -0.2) is 9.78 Å². The molecule has 0 aliphatic rings. The van der Waals surface area contributed by atoms with E-state index in [-0.39, 0.29) is 0 Å². The summed E-state index contributed by atoms with van der Waals surface area (Å²) in [5.41, 5.74) is 2.32. The van der Waals surface area contributed by atoms with Gasteiger partial charge in [0.05, 0.1) is 11.0 Å². The molecule has 1 heterocycles. The van der Waals surface area contributed by atoms with Gasteiger partial charge < -0.3 is 15.0 Å². The van der Waals surface area contributed by atoms with E-state index in [0.29, 0.717) is 5.69 Å². The molecule has 0 saturated carbocycles. The Morgan fingerprint density at radius 2 is 2.11 bits per heavy atom. The Hall–Kier alpha value is -2.63. The van der Waals surface area contributed by atoms with Gasteiger partial charge in [-0.1, -0.05) is 0 Å². The zero-order chi connectivity index (χ0) is 14.0. The molecule has 0 spiro atoms. The van der Waals surface area contributed by atoms with Crippen LogP contribution in [0.25, 0.3) is 11.0 Å². The van der Waals surface area contributed by atoms with Crippen LogP contribution in [-0.2, 0) is 16.6 Å². The number of nitrogens with one attached hydrogen (secondary N) is 1. The summed E-state index contributed by atoms with van der Waals surface area (Å²) in [6.07, 6.45) is 1.76. The second kappa shape index (κ2) is 4.93. The van der Waals surface area contributed by atoms with Crippen LogP contribution in [-0.4, -0.2) is 26.5 Å². The van der Waals surface area contributed by atoms with Gasteiger partial charge in [-0.2, -0.15) is 0 Å². The van der Waals surface area contributed by atoms with Gasteiger partial charge in [-0.3, -0.25) is 4.79 Å². The number of hydrogen-bond acceptors (Lipinski definition) is 3. The number of anilines is 1. The number of imidazole rings is 1. The lowest BCUT2D eigenvalue weighted by Crippen LogP contribution is -2.08. The number of hydrogen-bond donors (Lipinski definition) is 2. The first-order chi connectivity index (χ1) is 8.97. The third-order valence-electron chi connectivity index (χ3n) is 2.75. The zero-order valence-electron chi connectivity index (χ0n) is 10.5. The van der Waals surface area contributed by atoms with Crippen molar-refractivity contribution in [3.8, 4) is 0 Å². The molecular formula is C13H13N3O3. The number of nitrogens with zero attached hydrogens (tertiary/aromatic N) is 2. The highest BCUT2D eigenvalue weighted by Crippen LogP contribution is 2.19. The van der Waals surface area contributed by atoms with Gasteiger partial charge in [-0.05, 0) is 25.1 Å². The molecule has 1 aromatic heterocycles. The number of amides is 1. The minimum absolute atomic E-state index is 0.491. The molecule has 0 aliphatic heterocycles. The Morgan fingerprint density at radius 3 is 2.79 bits per heavy atom. The highest BCUT2D eigenvalue weighted by Gasteiger charge is 2.06. The fourth-order valence-electron chi connectivity index (χ4n) is 1.73. The number of carboxylic acids is 1. The van der Waals surface area contributed by atoms with E-state index < -0.39 is 11.9 Å². The Kier molecular flexibility index (Phi) is 3.33. The van der Waals surface area contributed by atoms with Crippen molar-refractivity contribution in [1.29, 1.82) is 0 Å². The molecule has 98 valence electrons. The second-order valence-electron chi connectivity index (χ2n) is 4.08. The molecule has 0 unspecified atom stereocenters. The van der Waals surface area contributed by atoms with E-state index in [0.717, 1.165) is 29.0 Å². The van der Waals surface area contributed by atoms with Crippen LogP contribution in [0.2, 0.25) is 0 Å². The number of aliphatic carboxylic acids is 1. The van der Waals surface area contributed by atoms with Crippen LogP contribution >= 0.6 is 0 Å². The molecule has 0 fully saturated rings. The lowest BCUT2D eigenvalue weighted by molar-refractivity contribution is -0.131. The summed E-state index contributed by atoms with van der Waals surface area (Å²) in [7, 11) is 1.92. The minimum atomic E-state index is -1.16. The molecular weight excluding hydrogens is 246 g/mol. The van der Waals surface area contributed by atoms with Crippen molar-refractivity contribution in [3.05, 3.63) is 36.2 Å². The molecule has 0 bridgehead atoms. The van der Waals surface area contributed by atoms with E-state index in [1.54, 1.807) is 12.1 Å². The van der Waals surface area contributed by atoms with Crippen molar-refractivity contribution in [2.45, 2.75) is 6.92 Å². The molecule has 0 aliphatic carbocycles. The van der Waals surface area contributed by atoms with Crippen LogP contribution in [0.5, 0.6) is 0 Å². The second-order valence-corrected chi connectivity index (χ2v) is 4.08. The van der Waals surface area contributed by atoms with E-state index in [1.165, 1.54) is 0 Å². The predicted octanol–water partition coefficient (Wildman–Crippen LogP) is 1.46. The first kappa shape index (κ1) is 12.8. The maximum Gasteiger partial charge on any atom is 0.328 e. The van der Waals surface area contributed by atoms with Gasteiger partial charge in [0.25, 0.3) is 0 Å².